The molecule has 1 spiro atoms. The van der Waals surface area contributed by atoms with E-state index < -0.39 is 0 Å². The van der Waals surface area contributed by atoms with Gasteiger partial charge in [0, 0.05) is 31.6 Å². The maximum atomic E-state index is 11.7. The number of amides is 1. The van der Waals surface area contributed by atoms with E-state index in [2.05, 4.69) is 4.98 Å². The van der Waals surface area contributed by atoms with Gasteiger partial charge in [0.1, 0.15) is 6.61 Å². The van der Waals surface area contributed by atoms with Crippen LogP contribution in [0.25, 0.3) is 0 Å². The number of hydrogen-bond acceptors (Lipinski definition) is 5. The summed E-state index contributed by atoms with van der Waals surface area (Å²) in [5.41, 5.74) is 2.00. The predicted octanol–water partition coefficient (Wildman–Crippen LogP) is 1.64. The highest BCUT2D eigenvalue weighted by molar-refractivity contribution is 8.01. The predicted molar refractivity (Wildman–Crippen MR) is 85.8 cm³/mol. The zero-order chi connectivity index (χ0) is 15.6. The molecule has 3 rings (SSSR count). The van der Waals surface area contributed by atoms with Gasteiger partial charge in [-0.05, 0) is 25.5 Å². The molecule has 0 radical (unpaired) electrons. The molecule has 0 saturated carbocycles. The number of thioether (sulfide) groups is 1. The highest BCUT2D eigenvalue weighted by atomic mass is 32.2. The molecule has 0 aliphatic carbocycles. The largest absolute Gasteiger partial charge is 0.375 e. The minimum atomic E-state index is 0.0852. The van der Waals surface area contributed by atoms with Crippen molar-refractivity contribution in [2.75, 3.05) is 32.6 Å². The number of ether oxygens (including phenoxy) is 2. The molecule has 0 aromatic carbocycles. The van der Waals surface area contributed by atoms with Crippen molar-refractivity contribution in [2.45, 2.75) is 30.8 Å². The van der Waals surface area contributed by atoms with Crippen molar-refractivity contribution in [1.82, 2.24) is 9.88 Å². The number of carbonyl (C=O) groups is 1. The molecule has 22 heavy (non-hydrogen) atoms. The van der Waals surface area contributed by atoms with E-state index in [1.165, 1.54) is 0 Å². The summed E-state index contributed by atoms with van der Waals surface area (Å²) in [4.78, 5) is 18.1. The molecule has 3 heterocycles. The van der Waals surface area contributed by atoms with Gasteiger partial charge in [0.05, 0.1) is 23.2 Å². The van der Waals surface area contributed by atoms with E-state index in [4.69, 9.17) is 9.47 Å². The summed E-state index contributed by atoms with van der Waals surface area (Å²) in [7, 11) is 1.56. The van der Waals surface area contributed by atoms with Gasteiger partial charge in [-0.1, -0.05) is 6.07 Å². The van der Waals surface area contributed by atoms with Crippen LogP contribution in [-0.4, -0.2) is 59.2 Å². The minimum Gasteiger partial charge on any atom is -0.375 e. The molecule has 1 aromatic rings. The Hall–Kier alpha value is -1.11. The van der Waals surface area contributed by atoms with E-state index in [9.17, 15) is 4.79 Å². The summed E-state index contributed by atoms with van der Waals surface area (Å²) in [6, 6.07) is 6.00. The van der Waals surface area contributed by atoms with Crippen molar-refractivity contribution in [2.24, 2.45) is 0 Å². The van der Waals surface area contributed by atoms with Gasteiger partial charge < -0.3 is 14.4 Å². The normalized spacial score (nSPS) is 22.8. The average Bonchev–Trinajstić information content (AvgIpc) is 2.88. The van der Waals surface area contributed by atoms with Gasteiger partial charge in [0.25, 0.3) is 0 Å². The number of hydrogen-bond donors (Lipinski definition) is 0. The Morgan fingerprint density at radius 1 is 1.50 bits per heavy atom. The first kappa shape index (κ1) is 15.8. The van der Waals surface area contributed by atoms with Crippen molar-refractivity contribution < 1.29 is 14.3 Å². The van der Waals surface area contributed by atoms with Crippen molar-refractivity contribution in [3.8, 4) is 0 Å². The standard InChI is InChI=1S/C16H22N2O3S/c1-12-4-3-5-13(17-12)7-21-14-6-16(22-9-14)10-18(11-16)15(19)8-20-2/h3-5,14H,6-11H2,1-2H3/t14-/m0/s1. The molecular formula is C16H22N2O3S. The summed E-state index contributed by atoms with van der Waals surface area (Å²) in [5.74, 6) is 1.08. The summed E-state index contributed by atoms with van der Waals surface area (Å²) < 4.78 is 11.1. The van der Waals surface area contributed by atoms with Crippen LogP contribution in [0.5, 0.6) is 0 Å². The van der Waals surface area contributed by atoms with Crippen LogP contribution < -0.4 is 0 Å². The van der Waals surface area contributed by atoms with Crippen LogP contribution in [0.2, 0.25) is 0 Å². The van der Waals surface area contributed by atoms with Gasteiger partial charge in [-0.25, -0.2) is 0 Å². The van der Waals surface area contributed by atoms with Crippen molar-refractivity contribution in [1.29, 1.82) is 0 Å². The molecule has 6 heteroatoms. The Bertz CT molecular complexity index is 546. The van der Waals surface area contributed by atoms with E-state index >= 15 is 0 Å². The number of rotatable bonds is 5. The molecule has 2 aliphatic heterocycles. The van der Waals surface area contributed by atoms with Gasteiger partial charge in [0.2, 0.25) is 5.91 Å². The molecule has 0 bridgehead atoms. The van der Waals surface area contributed by atoms with Gasteiger partial charge in [-0.15, -0.1) is 11.8 Å². The van der Waals surface area contributed by atoms with Crippen LogP contribution in [-0.2, 0) is 20.9 Å². The molecule has 2 fully saturated rings. The third kappa shape index (κ3) is 3.45. The van der Waals surface area contributed by atoms with Crippen molar-refractivity contribution in [3.63, 3.8) is 0 Å². The SMILES string of the molecule is COCC(=O)N1CC2(C[C@H](OCc3cccc(C)n3)CS2)C1. The van der Waals surface area contributed by atoms with E-state index in [0.717, 1.165) is 36.7 Å². The van der Waals surface area contributed by atoms with Crippen LogP contribution >= 0.6 is 11.8 Å². The quantitative estimate of drug-likeness (QED) is 0.825. The van der Waals surface area contributed by atoms with Gasteiger partial charge in [-0.3, -0.25) is 9.78 Å². The Labute approximate surface area is 135 Å². The van der Waals surface area contributed by atoms with Crippen LogP contribution in [0.1, 0.15) is 17.8 Å². The first-order valence-electron chi connectivity index (χ1n) is 7.55. The van der Waals surface area contributed by atoms with E-state index in [-0.39, 0.29) is 23.4 Å². The van der Waals surface area contributed by atoms with Crippen LogP contribution in [0, 0.1) is 6.92 Å². The van der Waals surface area contributed by atoms with Gasteiger partial charge in [-0.2, -0.15) is 0 Å². The number of likely N-dealkylation sites (tertiary alicyclic amines) is 1. The first-order valence-corrected chi connectivity index (χ1v) is 8.54. The van der Waals surface area contributed by atoms with E-state index in [1.807, 2.05) is 41.8 Å². The molecule has 1 atom stereocenters. The molecule has 120 valence electrons. The number of carbonyl (C=O) groups excluding carboxylic acids is 1. The lowest BCUT2D eigenvalue weighted by atomic mass is 9.93. The zero-order valence-electron chi connectivity index (χ0n) is 13.1. The monoisotopic (exact) mass is 322 g/mol. The van der Waals surface area contributed by atoms with Gasteiger partial charge >= 0.3 is 0 Å². The molecule has 1 amide bonds. The molecular weight excluding hydrogens is 300 g/mol. The highest BCUT2D eigenvalue weighted by Crippen LogP contribution is 2.46. The minimum absolute atomic E-state index is 0.0852. The molecule has 0 unspecified atom stereocenters. The Morgan fingerprint density at radius 3 is 3.05 bits per heavy atom. The maximum absolute atomic E-state index is 11.7. The number of nitrogens with zero attached hydrogens (tertiary/aromatic N) is 2. The smallest absolute Gasteiger partial charge is 0.248 e. The van der Waals surface area contributed by atoms with Gasteiger partial charge in [0.15, 0.2) is 0 Å². The third-order valence-electron chi connectivity index (χ3n) is 4.17. The fraction of sp³-hybridized carbons (Fsp3) is 0.625. The van der Waals surface area contributed by atoms with E-state index in [0.29, 0.717) is 6.61 Å². The Balaban J connectivity index is 1.45. The second kappa shape index (κ2) is 6.56. The van der Waals surface area contributed by atoms with Crippen molar-refractivity contribution >= 4 is 17.7 Å². The van der Waals surface area contributed by atoms with Crippen LogP contribution in [0.15, 0.2) is 18.2 Å². The Kier molecular flexibility index (Phi) is 4.70. The lowest BCUT2D eigenvalue weighted by Gasteiger charge is -2.47. The fourth-order valence-corrected chi connectivity index (χ4v) is 4.61. The number of pyridine rings is 1. The summed E-state index contributed by atoms with van der Waals surface area (Å²) >= 11 is 1.94. The molecule has 1 aromatic heterocycles. The zero-order valence-corrected chi connectivity index (χ0v) is 13.9. The number of aromatic nitrogens is 1. The molecule has 2 saturated heterocycles. The lowest BCUT2D eigenvalue weighted by Crippen LogP contribution is -2.61. The average molecular weight is 322 g/mol. The first-order chi connectivity index (χ1) is 10.6. The summed E-state index contributed by atoms with van der Waals surface area (Å²) in [6.45, 7) is 4.38. The maximum Gasteiger partial charge on any atom is 0.248 e. The van der Waals surface area contributed by atoms with Crippen LogP contribution in [0.3, 0.4) is 0 Å². The Morgan fingerprint density at radius 2 is 2.32 bits per heavy atom. The number of methoxy groups -OCH3 is 1. The molecule has 5 nitrogen and oxygen atoms in total. The summed E-state index contributed by atoms with van der Waals surface area (Å²) in [6.07, 6.45) is 1.27. The second-order valence-corrected chi connectivity index (χ2v) is 7.57. The van der Waals surface area contributed by atoms with Crippen LogP contribution in [0.4, 0.5) is 0 Å². The number of aryl methyl sites for hydroxylation is 1. The lowest BCUT2D eigenvalue weighted by molar-refractivity contribution is -0.140. The molecule has 2 aliphatic rings. The molecule has 0 N–H and O–H groups in total. The topological polar surface area (TPSA) is 51.7 Å². The van der Waals surface area contributed by atoms with Crippen molar-refractivity contribution in [3.05, 3.63) is 29.6 Å². The highest BCUT2D eigenvalue weighted by Gasteiger charge is 2.50. The fourth-order valence-electron chi connectivity index (χ4n) is 3.05. The van der Waals surface area contributed by atoms with E-state index in [1.54, 1.807) is 7.11 Å². The second-order valence-electron chi connectivity index (χ2n) is 6.08. The third-order valence-corrected chi connectivity index (χ3v) is 5.74. The summed E-state index contributed by atoms with van der Waals surface area (Å²) in [5, 5.41) is 0.